The van der Waals surface area contributed by atoms with Gasteiger partial charge < -0.3 is 71.6 Å². The first-order valence-electron chi connectivity index (χ1n) is 27.4. The van der Waals surface area contributed by atoms with Crippen LogP contribution in [-0.2, 0) is 66.3 Å². The van der Waals surface area contributed by atoms with Crippen LogP contribution in [0.5, 0.6) is 0 Å². The number of alkyl carbamates (subject to hydrolysis) is 1. The summed E-state index contributed by atoms with van der Waals surface area (Å²) in [7, 11) is 0. The molecule has 0 aromatic heterocycles. The summed E-state index contributed by atoms with van der Waals surface area (Å²) in [5, 5.41) is 2.75. The number of carbonyl (C=O) groups is 1. The van der Waals surface area contributed by atoms with Gasteiger partial charge in [-0.3, -0.25) is 0 Å². The van der Waals surface area contributed by atoms with Gasteiger partial charge >= 0.3 is 6.09 Å². The van der Waals surface area contributed by atoms with Crippen LogP contribution in [0.1, 0.15) is 107 Å². The second-order valence-corrected chi connectivity index (χ2v) is 17.5. The van der Waals surface area contributed by atoms with Crippen molar-refractivity contribution in [2.45, 2.75) is 96.3 Å². The molecule has 1 aliphatic rings. The molecule has 414 valence electrons. The Balaban J connectivity index is 0.882. The van der Waals surface area contributed by atoms with E-state index in [0.717, 1.165) is 13.0 Å². The maximum absolute atomic E-state index is 12.3. The monoisotopic (exact) mass is 1020 g/mol. The zero-order valence-corrected chi connectivity index (χ0v) is 44.3. The molecule has 0 saturated heterocycles. The second-order valence-electron chi connectivity index (χ2n) is 17.5. The van der Waals surface area contributed by atoms with E-state index in [4.69, 9.17) is 66.3 Å². The van der Waals surface area contributed by atoms with E-state index in [0.29, 0.717) is 172 Å². The predicted molar refractivity (Wildman–Crippen MR) is 279 cm³/mol. The van der Waals surface area contributed by atoms with Crippen molar-refractivity contribution in [3.8, 4) is 11.1 Å². The van der Waals surface area contributed by atoms with Crippen molar-refractivity contribution in [1.82, 2.24) is 5.32 Å². The summed E-state index contributed by atoms with van der Waals surface area (Å²) < 4.78 is 77.8. The molecule has 0 atom stereocenters. The minimum absolute atomic E-state index is 0.0341. The summed E-state index contributed by atoms with van der Waals surface area (Å²) in [6.07, 6.45) is 17.3. The number of unbranched alkanes of at least 4 members (excludes halogenated alkanes) is 12. The van der Waals surface area contributed by atoms with Gasteiger partial charge in [-0.15, -0.1) is 0 Å². The quantitative estimate of drug-likeness (QED) is 0.0626. The average Bonchev–Trinajstić information content (AvgIpc) is 3.72. The fraction of sp³-hybridized carbons (Fsp3) is 0.768. The van der Waals surface area contributed by atoms with Crippen molar-refractivity contribution >= 4 is 6.09 Å². The second kappa shape index (κ2) is 49.1. The SMILES string of the molecule is CCCCCCCCCCCCCCCOCCOCCOCCOCCOCCOCCOCCOCCOCCOCCOCCOCCOCCNC(=O)OCC1c2ccccc2-c2ccccc21. The van der Waals surface area contributed by atoms with Gasteiger partial charge in [-0.2, -0.15) is 0 Å². The predicted octanol–water partition coefficient (Wildman–Crippen LogP) is 8.83. The number of rotatable bonds is 55. The van der Waals surface area contributed by atoms with Crippen LogP contribution in [-0.4, -0.2) is 191 Å². The van der Waals surface area contributed by atoms with Crippen molar-refractivity contribution in [3.63, 3.8) is 0 Å². The molecule has 0 bridgehead atoms. The summed E-state index contributed by atoms with van der Waals surface area (Å²) in [6, 6.07) is 16.5. The van der Waals surface area contributed by atoms with Gasteiger partial charge in [0.05, 0.1) is 165 Å². The topological polar surface area (TPSA) is 158 Å². The number of benzene rings is 2. The maximum atomic E-state index is 12.3. The first-order chi connectivity index (χ1) is 35.8. The highest BCUT2D eigenvalue weighted by Crippen LogP contribution is 2.44. The Labute approximate surface area is 433 Å². The molecule has 0 spiro atoms. The zero-order valence-electron chi connectivity index (χ0n) is 44.3. The van der Waals surface area contributed by atoms with Crippen molar-refractivity contribution in [2.24, 2.45) is 0 Å². The van der Waals surface area contributed by atoms with E-state index < -0.39 is 6.09 Å². The van der Waals surface area contributed by atoms with E-state index in [2.05, 4.69) is 36.5 Å². The highest BCUT2D eigenvalue weighted by atomic mass is 16.6. The van der Waals surface area contributed by atoms with Crippen LogP contribution in [0.4, 0.5) is 4.79 Å². The number of carbonyl (C=O) groups excluding carboxylic acids is 1. The Kier molecular flexibility index (Phi) is 43.3. The van der Waals surface area contributed by atoms with Crippen LogP contribution in [0.25, 0.3) is 11.1 Å². The highest BCUT2D eigenvalue weighted by molar-refractivity contribution is 5.79. The lowest BCUT2D eigenvalue weighted by molar-refractivity contribution is -0.0290. The summed E-state index contributed by atoms with van der Waals surface area (Å²) in [5.41, 5.74) is 4.77. The minimum atomic E-state index is -0.453. The Bertz CT molecular complexity index is 1450. The number of nitrogens with one attached hydrogen (secondary N) is 1. The lowest BCUT2D eigenvalue weighted by Crippen LogP contribution is -2.29. The first-order valence-corrected chi connectivity index (χ1v) is 27.4. The third-order valence-corrected chi connectivity index (χ3v) is 11.7. The van der Waals surface area contributed by atoms with Gasteiger partial charge in [-0.25, -0.2) is 4.79 Å². The Morgan fingerprint density at radius 2 is 0.611 bits per heavy atom. The molecule has 2 aromatic rings. The molecule has 0 heterocycles. The van der Waals surface area contributed by atoms with Crippen LogP contribution in [0.15, 0.2) is 48.5 Å². The Morgan fingerprint density at radius 3 is 0.931 bits per heavy atom. The van der Waals surface area contributed by atoms with Gasteiger partial charge in [0, 0.05) is 19.1 Å². The van der Waals surface area contributed by atoms with E-state index in [9.17, 15) is 4.79 Å². The van der Waals surface area contributed by atoms with E-state index in [1.807, 2.05) is 24.3 Å². The summed E-state index contributed by atoms with van der Waals surface area (Å²) in [4.78, 5) is 12.3. The lowest BCUT2D eigenvalue weighted by Gasteiger charge is -2.14. The summed E-state index contributed by atoms with van der Waals surface area (Å²) in [6.45, 7) is 16.3. The third-order valence-electron chi connectivity index (χ3n) is 11.7. The van der Waals surface area contributed by atoms with Crippen molar-refractivity contribution in [3.05, 3.63) is 59.7 Å². The molecular formula is C56H95NO15. The standard InChI is InChI=1S/C56H95NO15/c1-2-3-4-5-6-7-8-9-10-11-12-13-18-24-59-26-28-61-30-32-63-34-36-65-38-40-67-42-44-69-46-48-71-49-47-70-45-43-68-41-39-66-37-35-64-33-31-62-29-27-60-25-23-57-56(58)72-50-55-53-21-16-14-19-51(53)52-20-15-17-22-54(52)55/h14-17,19-22,55H,2-13,18,23-50H2,1H3,(H,57,58). The molecule has 2 aromatic carbocycles. The van der Waals surface area contributed by atoms with E-state index >= 15 is 0 Å². The first kappa shape index (κ1) is 63.5. The molecule has 0 fully saturated rings. The van der Waals surface area contributed by atoms with Crippen LogP contribution in [0, 0.1) is 0 Å². The molecule has 72 heavy (non-hydrogen) atoms. The molecule has 1 amide bonds. The minimum Gasteiger partial charge on any atom is -0.449 e. The van der Waals surface area contributed by atoms with Crippen LogP contribution < -0.4 is 5.32 Å². The van der Waals surface area contributed by atoms with Crippen molar-refractivity contribution in [2.75, 3.05) is 185 Å². The van der Waals surface area contributed by atoms with Crippen LogP contribution >= 0.6 is 0 Å². The molecule has 1 N–H and O–H groups in total. The van der Waals surface area contributed by atoms with Crippen LogP contribution in [0.3, 0.4) is 0 Å². The molecule has 0 unspecified atom stereocenters. The molecule has 0 saturated carbocycles. The van der Waals surface area contributed by atoms with Crippen molar-refractivity contribution < 1.29 is 71.1 Å². The highest BCUT2D eigenvalue weighted by Gasteiger charge is 2.29. The molecule has 1 aliphatic carbocycles. The maximum Gasteiger partial charge on any atom is 0.407 e. The van der Waals surface area contributed by atoms with E-state index in [1.54, 1.807) is 0 Å². The van der Waals surface area contributed by atoms with E-state index in [-0.39, 0.29) is 12.5 Å². The van der Waals surface area contributed by atoms with Gasteiger partial charge in [-0.1, -0.05) is 133 Å². The fourth-order valence-electron chi connectivity index (χ4n) is 7.84. The van der Waals surface area contributed by atoms with Gasteiger partial charge in [0.15, 0.2) is 0 Å². The molecule has 0 radical (unpaired) electrons. The molecular weight excluding hydrogens is 927 g/mol. The normalized spacial score (nSPS) is 12.2. The lowest BCUT2D eigenvalue weighted by atomic mass is 9.98. The average molecular weight is 1020 g/mol. The van der Waals surface area contributed by atoms with Crippen LogP contribution in [0.2, 0.25) is 0 Å². The molecule has 3 rings (SSSR count). The Hall–Kier alpha value is -2.81. The number of hydrogen-bond donors (Lipinski definition) is 1. The third kappa shape index (κ3) is 35.4. The fourth-order valence-corrected chi connectivity index (χ4v) is 7.84. The number of amides is 1. The van der Waals surface area contributed by atoms with E-state index in [1.165, 1.54) is 99.3 Å². The van der Waals surface area contributed by atoms with Gasteiger partial charge in [-0.05, 0) is 28.7 Å². The largest absolute Gasteiger partial charge is 0.449 e. The number of fused-ring (bicyclic) bond motifs is 3. The van der Waals surface area contributed by atoms with Gasteiger partial charge in [0.1, 0.15) is 6.61 Å². The van der Waals surface area contributed by atoms with Gasteiger partial charge in [0.2, 0.25) is 0 Å². The summed E-state index contributed by atoms with van der Waals surface area (Å²) in [5.74, 6) is 0.0341. The number of hydrogen-bond acceptors (Lipinski definition) is 15. The molecule has 0 aliphatic heterocycles. The smallest absolute Gasteiger partial charge is 0.407 e. The summed E-state index contributed by atoms with van der Waals surface area (Å²) >= 11 is 0. The Morgan fingerprint density at radius 1 is 0.347 bits per heavy atom. The zero-order chi connectivity index (χ0) is 50.7. The number of ether oxygens (including phenoxy) is 14. The van der Waals surface area contributed by atoms with Crippen molar-refractivity contribution in [1.29, 1.82) is 0 Å². The van der Waals surface area contributed by atoms with Gasteiger partial charge in [0.25, 0.3) is 0 Å². The molecule has 16 heteroatoms. The molecule has 16 nitrogen and oxygen atoms in total.